The van der Waals surface area contributed by atoms with Gasteiger partial charge in [0.15, 0.2) is 0 Å². The number of hydrogen-bond donors (Lipinski definition) is 1. The van der Waals surface area contributed by atoms with Crippen molar-refractivity contribution in [2.45, 2.75) is 59.9 Å². The van der Waals surface area contributed by atoms with Gasteiger partial charge in [-0.2, -0.15) is 0 Å². The van der Waals surface area contributed by atoms with Gasteiger partial charge in [-0.25, -0.2) is 0 Å². The monoisotopic (exact) mass is 462 g/mol. The molecular formula is C29H38N2O3. The van der Waals surface area contributed by atoms with Crippen LogP contribution in [0.25, 0.3) is 5.76 Å². The summed E-state index contributed by atoms with van der Waals surface area (Å²) in [6.45, 7) is 17.2. The molecule has 1 aliphatic rings. The largest absolute Gasteiger partial charge is 0.507 e. The molecule has 0 aliphatic carbocycles. The van der Waals surface area contributed by atoms with E-state index in [1.807, 2.05) is 56.3 Å². The lowest BCUT2D eigenvalue weighted by molar-refractivity contribution is -0.140. The molecule has 1 unspecified atom stereocenters. The van der Waals surface area contributed by atoms with Crippen molar-refractivity contribution in [1.29, 1.82) is 0 Å². The van der Waals surface area contributed by atoms with Gasteiger partial charge < -0.3 is 14.9 Å². The summed E-state index contributed by atoms with van der Waals surface area (Å²) in [5, 5.41) is 11.6. The molecule has 34 heavy (non-hydrogen) atoms. The first kappa shape index (κ1) is 25.7. The summed E-state index contributed by atoms with van der Waals surface area (Å²) in [5.74, 6) is -1.27. The summed E-state index contributed by atoms with van der Waals surface area (Å²) in [4.78, 5) is 30.5. The number of hydrogen-bond acceptors (Lipinski definition) is 4. The zero-order chi connectivity index (χ0) is 25.2. The first-order valence-electron chi connectivity index (χ1n) is 12.2. The first-order valence-corrected chi connectivity index (χ1v) is 12.2. The van der Waals surface area contributed by atoms with Crippen LogP contribution in [-0.4, -0.2) is 52.8 Å². The van der Waals surface area contributed by atoms with Gasteiger partial charge in [-0.05, 0) is 60.7 Å². The summed E-state index contributed by atoms with van der Waals surface area (Å²) < 4.78 is 0. The number of amides is 1. The molecule has 0 spiro atoms. The number of Topliss-reactive ketones (excluding diaryl/α,β-unsaturated/α-hetero) is 1. The van der Waals surface area contributed by atoms with E-state index in [0.717, 1.165) is 35.3 Å². The van der Waals surface area contributed by atoms with Crippen molar-refractivity contribution in [3.63, 3.8) is 0 Å². The lowest BCUT2D eigenvalue weighted by Crippen LogP contribution is -2.38. The third-order valence-electron chi connectivity index (χ3n) is 6.93. The summed E-state index contributed by atoms with van der Waals surface area (Å²) in [6, 6.07) is 13.1. The highest BCUT2D eigenvalue weighted by molar-refractivity contribution is 6.46. The van der Waals surface area contributed by atoms with Gasteiger partial charge >= 0.3 is 0 Å². The number of aryl methyl sites for hydroxylation is 2. The van der Waals surface area contributed by atoms with Crippen molar-refractivity contribution in [2.75, 3.05) is 26.2 Å². The van der Waals surface area contributed by atoms with Crippen molar-refractivity contribution in [1.82, 2.24) is 9.80 Å². The van der Waals surface area contributed by atoms with Gasteiger partial charge in [0.1, 0.15) is 5.76 Å². The Balaban J connectivity index is 2.20. The number of benzene rings is 2. The highest BCUT2D eigenvalue weighted by Gasteiger charge is 2.46. The third-order valence-corrected chi connectivity index (χ3v) is 6.93. The zero-order valence-electron chi connectivity index (χ0n) is 21.6. The first-order chi connectivity index (χ1) is 16.0. The number of aliphatic hydroxyl groups is 1. The van der Waals surface area contributed by atoms with Crippen molar-refractivity contribution in [2.24, 2.45) is 0 Å². The van der Waals surface area contributed by atoms with Crippen LogP contribution in [-0.2, 0) is 15.0 Å². The molecule has 1 N–H and O–H groups in total. The lowest BCUT2D eigenvalue weighted by atomic mass is 9.84. The van der Waals surface area contributed by atoms with Crippen LogP contribution >= 0.6 is 0 Å². The third kappa shape index (κ3) is 4.95. The van der Waals surface area contributed by atoms with E-state index in [-0.39, 0.29) is 16.7 Å². The second kappa shape index (κ2) is 10.1. The van der Waals surface area contributed by atoms with E-state index in [1.165, 1.54) is 0 Å². The van der Waals surface area contributed by atoms with E-state index in [0.29, 0.717) is 18.7 Å². The number of carbonyl (C=O) groups excluding carboxylic acids is 2. The highest BCUT2D eigenvalue weighted by Crippen LogP contribution is 2.41. The summed E-state index contributed by atoms with van der Waals surface area (Å²) >= 11 is 0. The standard InChI is InChI=1S/C29H38N2O3/c1-8-30(9-2)16-17-31-25(22-13-11-10-12-19(22)3)24(27(33)28(31)34)26(32)23-18-21(29(5,6)7)15-14-20(23)4/h10-15,18,25,32H,8-9,16-17H2,1-7H3/b26-24+. The molecule has 0 bridgehead atoms. The topological polar surface area (TPSA) is 60.9 Å². The van der Waals surface area contributed by atoms with E-state index in [9.17, 15) is 14.7 Å². The second-order valence-electron chi connectivity index (χ2n) is 10.2. The minimum atomic E-state index is -0.620. The molecule has 5 nitrogen and oxygen atoms in total. The Bertz CT molecular complexity index is 1110. The Hall–Kier alpha value is -2.92. The predicted molar refractivity (Wildman–Crippen MR) is 138 cm³/mol. The smallest absolute Gasteiger partial charge is 0.295 e. The molecule has 5 heteroatoms. The predicted octanol–water partition coefficient (Wildman–Crippen LogP) is 5.36. The molecule has 3 rings (SSSR count). The van der Waals surface area contributed by atoms with Crippen LogP contribution < -0.4 is 0 Å². The van der Waals surface area contributed by atoms with Crippen LogP contribution in [0.4, 0.5) is 0 Å². The number of ketones is 1. The Morgan fingerprint density at radius 1 is 1.00 bits per heavy atom. The molecule has 1 amide bonds. The average molecular weight is 463 g/mol. The summed E-state index contributed by atoms with van der Waals surface area (Å²) in [5.41, 5.74) is 4.43. The van der Waals surface area contributed by atoms with Crippen LogP contribution in [0.5, 0.6) is 0 Å². The minimum absolute atomic E-state index is 0.0967. The molecule has 1 saturated heterocycles. The van der Waals surface area contributed by atoms with E-state index in [1.54, 1.807) is 4.90 Å². The molecule has 1 aliphatic heterocycles. The molecule has 0 saturated carbocycles. The molecule has 0 aromatic heterocycles. The number of nitrogens with zero attached hydrogens (tertiary/aromatic N) is 2. The number of carbonyl (C=O) groups is 2. The molecule has 2 aromatic carbocycles. The van der Waals surface area contributed by atoms with Crippen molar-refractivity contribution in [3.05, 3.63) is 75.9 Å². The van der Waals surface area contributed by atoms with Gasteiger partial charge in [0.2, 0.25) is 0 Å². The second-order valence-corrected chi connectivity index (χ2v) is 10.2. The lowest BCUT2D eigenvalue weighted by Gasteiger charge is -2.29. The maximum Gasteiger partial charge on any atom is 0.295 e. The van der Waals surface area contributed by atoms with Crippen molar-refractivity contribution < 1.29 is 14.7 Å². The zero-order valence-corrected chi connectivity index (χ0v) is 21.6. The van der Waals surface area contributed by atoms with Crippen molar-refractivity contribution in [3.8, 4) is 0 Å². The fourth-order valence-electron chi connectivity index (χ4n) is 4.61. The van der Waals surface area contributed by atoms with Gasteiger partial charge in [0.05, 0.1) is 11.6 Å². The van der Waals surface area contributed by atoms with E-state index >= 15 is 0 Å². The fourth-order valence-corrected chi connectivity index (χ4v) is 4.61. The number of aliphatic hydroxyl groups excluding tert-OH is 1. The minimum Gasteiger partial charge on any atom is -0.507 e. The van der Waals surface area contributed by atoms with E-state index in [2.05, 4.69) is 39.5 Å². The molecular weight excluding hydrogens is 424 g/mol. The SMILES string of the molecule is CCN(CC)CCN1C(=O)C(=O)/C(=C(/O)c2cc(C(C)(C)C)ccc2C)C1c1ccccc1C. The quantitative estimate of drug-likeness (QED) is 0.342. The van der Waals surface area contributed by atoms with Crippen LogP contribution in [0.3, 0.4) is 0 Å². The van der Waals surface area contributed by atoms with Gasteiger partial charge in [-0.15, -0.1) is 0 Å². The van der Waals surface area contributed by atoms with Crippen LogP contribution in [0, 0.1) is 13.8 Å². The normalized spacial score (nSPS) is 18.2. The van der Waals surface area contributed by atoms with E-state index in [4.69, 9.17) is 0 Å². The van der Waals surface area contributed by atoms with Gasteiger partial charge in [0, 0.05) is 18.7 Å². The molecule has 0 radical (unpaired) electrons. The maximum absolute atomic E-state index is 13.4. The van der Waals surface area contributed by atoms with E-state index < -0.39 is 17.7 Å². The Morgan fingerprint density at radius 3 is 2.24 bits per heavy atom. The molecule has 1 fully saturated rings. The van der Waals surface area contributed by atoms with Gasteiger partial charge in [-0.1, -0.05) is 71.0 Å². The maximum atomic E-state index is 13.4. The van der Waals surface area contributed by atoms with Crippen molar-refractivity contribution >= 4 is 17.4 Å². The van der Waals surface area contributed by atoms with Gasteiger partial charge in [-0.3, -0.25) is 9.59 Å². The molecule has 182 valence electrons. The van der Waals surface area contributed by atoms with Crippen LogP contribution in [0.15, 0.2) is 48.0 Å². The van der Waals surface area contributed by atoms with Crippen LogP contribution in [0.2, 0.25) is 0 Å². The summed E-state index contributed by atoms with van der Waals surface area (Å²) in [6.07, 6.45) is 0. The molecule has 1 atom stereocenters. The fraction of sp³-hybridized carbons (Fsp3) is 0.448. The summed E-state index contributed by atoms with van der Waals surface area (Å²) in [7, 11) is 0. The highest BCUT2D eigenvalue weighted by atomic mass is 16.3. The Kier molecular flexibility index (Phi) is 7.67. The average Bonchev–Trinajstić information content (AvgIpc) is 3.04. The molecule has 2 aromatic rings. The Labute approximate surface area is 204 Å². The Morgan fingerprint density at radius 2 is 1.65 bits per heavy atom. The van der Waals surface area contributed by atoms with Crippen LogP contribution in [0.1, 0.15) is 68.5 Å². The molecule has 1 heterocycles. The van der Waals surface area contributed by atoms with Gasteiger partial charge in [0.25, 0.3) is 11.7 Å². The number of likely N-dealkylation sites (N-methyl/N-ethyl adjacent to an activating group) is 1. The number of likely N-dealkylation sites (tertiary alicyclic amines) is 1. The number of rotatable bonds is 7.